The van der Waals surface area contributed by atoms with Crippen LogP contribution in [0.1, 0.15) is 24.1 Å². The monoisotopic (exact) mass is 265 g/mol. The standard InChI is InChI=1S/C15H14F3N/c1-9-5-3-4-6-12(9)10(2)19-15-13(17)7-11(16)8-14(15)18/h3-8,10,19H,1-2H3. The number of benzene rings is 2. The zero-order valence-corrected chi connectivity index (χ0v) is 10.7. The van der Waals surface area contributed by atoms with Crippen molar-refractivity contribution in [1.29, 1.82) is 0 Å². The predicted octanol–water partition coefficient (Wildman–Crippen LogP) is 4.59. The average molecular weight is 265 g/mol. The van der Waals surface area contributed by atoms with E-state index in [2.05, 4.69) is 5.32 Å². The fourth-order valence-electron chi connectivity index (χ4n) is 2.05. The molecule has 0 fully saturated rings. The Bertz CT molecular complexity index is 573. The summed E-state index contributed by atoms with van der Waals surface area (Å²) in [5.41, 5.74) is 1.65. The SMILES string of the molecule is Cc1ccccc1C(C)Nc1c(F)cc(F)cc1F. The molecule has 4 heteroatoms. The molecule has 1 atom stereocenters. The molecule has 2 aromatic rings. The van der Waals surface area contributed by atoms with E-state index in [1.807, 2.05) is 31.2 Å². The largest absolute Gasteiger partial charge is 0.374 e. The molecular weight excluding hydrogens is 251 g/mol. The number of rotatable bonds is 3. The van der Waals surface area contributed by atoms with Crippen LogP contribution < -0.4 is 5.32 Å². The molecule has 0 bridgehead atoms. The van der Waals surface area contributed by atoms with Crippen molar-refractivity contribution in [2.75, 3.05) is 5.32 Å². The zero-order valence-electron chi connectivity index (χ0n) is 10.7. The first-order chi connectivity index (χ1) is 8.99. The highest BCUT2D eigenvalue weighted by atomic mass is 19.1. The van der Waals surface area contributed by atoms with E-state index < -0.39 is 17.5 Å². The summed E-state index contributed by atoms with van der Waals surface area (Å²) >= 11 is 0. The van der Waals surface area contributed by atoms with Crippen molar-refractivity contribution in [3.8, 4) is 0 Å². The summed E-state index contributed by atoms with van der Waals surface area (Å²) in [5.74, 6) is -2.79. The molecule has 0 heterocycles. The van der Waals surface area contributed by atoms with Crippen molar-refractivity contribution >= 4 is 5.69 Å². The molecule has 0 saturated carbocycles. The van der Waals surface area contributed by atoms with Crippen LogP contribution in [0.25, 0.3) is 0 Å². The van der Waals surface area contributed by atoms with E-state index in [9.17, 15) is 13.2 Å². The van der Waals surface area contributed by atoms with E-state index >= 15 is 0 Å². The number of hydrogen-bond donors (Lipinski definition) is 1. The van der Waals surface area contributed by atoms with Crippen LogP contribution in [0.2, 0.25) is 0 Å². The normalized spacial score (nSPS) is 12.3. The Kier molecular flexibility index (Phi) is 3.79. The third kappa shape index (κ3) is 2.89. The summed E-state index contributed by atoms with van der Waals surface area (Å²) in [5, 5.41) is 2.75. The highest BCUT2D eigenvalue weighted by Gasteiger charge is 2.15. The van der Waals surface area contributed by atoms with Gasteiger partial charge in [-0.15, -0.1) is 0 Å². The molecule has 2 aromatic carbocycles. The second-order valence-electron chi connectivity index (χ2n) is 4.47. The van der Waals surface area contributed by atoms with Crippen LogP contribution in [-0.2, 0) is 0 Å². The predicted molar refractivity (Wildman–Crippen MR) is 69.5 cm³/mol. The van der Waals surface area contributed by atoms with E-state index in [-0.39, 0.29) is 11.7 Å². The van der Waals surface area contributed by atoms with Gasteiger partial charge in [-0.3, -0.25) is 0 Å². The Balaban J connectivity index is 2.29. The molecule has 19 heavy (non-hydrogen) atoms. The summed E-state index contributed by atoms with van der Waals surface area (Å²) in [4.78, 5) is 0. The van der Waals surface area contributed by atoms with Crippen molar-refractivity contribution in [3.05, 3.63) is 65.0 Å². The fraction of sp³-hybridized carbons (Fsp3) is 0.200. The van der Waals surface area contributed by atoms with Gasteiger partial charge >= 0.3 is 0 Å². The third-order valence-corrected chi connectivity index (χ3v) is 3.02. The lowest BCUT2D eigenvalue weighted by Crippen LogP contribution is -2.11. The van der Waals surface area contributed by atoms with Crippen LogP contribution in [0.15, 0.2) is 36.4 Å². The first-order valence-electron chi connectivity index (χ1n) is 5.95. The lowest BCUT2D eigenvalue weighted by atomic mass is 10.0. The van der Waals surface area contributed by atoms with Crippen LogP contribution in [0.5, 0.6) is 0 Å². The van der Waals surface area contributed by atoms with Crippen LogP contribution in [0, 0.1) is 24.4 Å². The second kappa shape index (κ2) is 5.34. The summed E-state index contributed by atoms with van der Waals surface area (Å²) in [6.45, 7) is 3.72. The summed E-state index contributed by atoms with van der Waals surface area (Å²) in [6, 6.07) is 8.60. The zero-order chi connectivity index (χ0) is 14.0. The van der Waals surface area contributed by atoms with Crippen molar-refractivity contribution in [2.45, 2.75) is 19.9 Å². The average Bonchev–Trinajstić information content (AvgIpc) is 2.34. The molecule has 0 spiro atoms. The molecule has 0 aliphatic rings. The topological polar surface area (TPSA) is 12.0 Å². The number of nitrogens with one attached hydrogen (secondary N) is 1. The molecule has 0 radical (unpaired) electrons. The minimum Gasteiger partial charge on any atom is -0.374 e. The van der Waals surface area contributed by atoms with Gasteiger partial charge in [0.1, 0.15) is 11.5 Å². The van der Waals surface area contributed by atoms with Crippen molar-refractivity contribution in [2.24, 2.45) is 0 Å². The van der Waals surface area contributed by atoms with Gasteiger partial charge in [0, 0.05) is 18.2 Å². The van der Waals surface area contributed by atoms with Crippen molar-refractivity contribution in [1.82, 2.24) is 0 Å². The van der Waals surface area contributed by atoms with Gasteiger partial charge in [0.25, 0.3) is 0 Å². The maximum absolute atomic E-state index is 13.5. The van der Waals surface area contributed by atoms with Gasteiger partial charge in [0.2, 0.25) is 0 Å². The first-order valence-corrected chi connectivity index (χ1v) is 5.95. The second-order valence-corrected chi connectivity index (χ2v) is 4.47. The molecule has 0 aliphatic carbocycles. The molecule has 0 amide bonds. The Hall–Kier alpha value is -1.97. The molecule has 0 aromatic heterocycles. The Morgan fingerprint density at radius 3 is 2.16 bits per heavy atom. The summed E-state index contributed by atoms with van der Waals surface area (Å²) in [7, 11) is 0. The van der Waals surface area contributed by atoms with Crippen LogP contribution in [0.3, 0.4) is 0 Å². The molecule has 2 rings (SSSR count). The van der Waals surface area contributed by atoms with E-state index in [1.54, 1.807) is 6.92 Å². The van der Waals surface area contributed by atoms with Crippen LogP contribution in [-0.4, -0.2) is 0 Å². The number of anilines is 1. The van der Waals surface area contributed by atoms with Crippen LogP contribution in [0.4, 0.5) is 18.9 Å². The fourth-order valence-corrected chi connectivity index (χ4v) is 2.05. The van der Waals surface area contributed by atoms with E-state index in [0.717, 1.165) is 11.1 Å². The minimum absolute atomic E-state index is 0.282. The van der Waals surface area contributed by atoms with Crippen LogP contribution >= 0.6 is 0 Å². The maximum atomic E-state index is 13.5. The highest BCUT2D eigenvalue weighted by Crippen LogP contribution is 2.26. The Morgan fingerprint density at radius 1 is 1.00 bits per heavy atom. The van der Waals surface area contributed by atoms with Gasteiger partial charge in [-0.1, -0.05) is 24.3 Å². The number of aryl methyl sites for hydroxylation is 1. The molecule has 0 saturated heterocycles. The van der Waals surface area contributed by atoms with E-state index in [1.165, 1.54) is 0 Å². The summed E-state index contributed by atoms with van der Waals surface area (Å²) < 4.78 is 39.9. The highest BCUT2D eigenvalue weighted by molar-refractivity contribution is 5.49. The molecule has 1 nitrogen and oxygen atoms in total. The smallest absolute Gasteiger partial charge is 0.152 e. The van der Waals surface area contributed by atoms with Gasteiger partial charge in [-0.25, -0.2) is 13.2 Å². The molecular formula is C15H14F3N. The Labute approximate surface area is 110 Å². The molecule has 0 aliphatic heterocycles. The third-order valence-electron chi connectivity index (χ3n) is 3.02. The maximum Gasteiger partial charge on any atom is 0.152 e. The first kappa shape index (κ1) is 13.5. The number of halogens is 3. The van der Waals surface area contributed by atoms with Gasteiger partial charge < -0.3 is 5.32 Å². The lowest BCUT2D eigenvalue weighted by molar-refractivity contribution is 0.545. The molecule has 100 valence electrons. The van der Waals surface area contributed by atoms with Gasteiger partial charge in [0.05, 0.1) is 0 Å². The van der Waals surface area contributed by atoms with E-state index in [4.69, 9.17) is 0 Å². The van der Waals surface area contributed by atoms with Crippen molar-refractivity contribution < 1.29 is 13.2 Å². The van der Waals surface area contributed by atoms with Gasteiger partial charge in [-0.2, -0.15) is 0 Å². The quantitative estimate of drug-likeness (QED) is 0.856. The van der Waals surface area contributed by atoms with Gasteiger partial charge in [0.15, 0.2) is 11.6 Å². The minimum atomic E-state index is -0.932. The molecule has 1 N–H and O–H groups in total. The van der Waals surface area contributed by atoms with Crippen molar-refractivity contribution in [3.63, 3.8) is 0 Å². The van der Waals surface area contributed by atoms with Gasteiger partial charge in [-0.05, 0) is 25.0 Å². The Morgan fingerprint density at radius 2 is 1.58 bits per heavy atom. The number of hydrogen-bond acceptors (Lipinski definition) is 1. The lowest BCUT2D eigenvalue weighted by Gasteiger charge is -2.18. The summed E-state index contributed by atoms with van der Waals surface area (Å²) in [6.07, 6.45) is 0. The van der Waals surface area contributed by atoms with E-state index in [0.29, 0.717) is 12.1 Å². The molecule has 1 unspecified atom stereocenters.